The molecule has 1 aliphatic heterocycles. The molecule has 1 aromatic rings. The van der Waals surface area contributed by atoms with Gasteiger partial charge in [0.25, 0.3) is 5.91 Å². The average molecular weight is 326 g/mol. The van der Waals surface area contributed by atoms with Gasteiger partial charge in [-0.2, -0.15) is 0 Å². The number of benzene rings is 1. The third-order valence-electron chi connectivity index (χ3n) is 3.77. The van der Waals surface area contributed by atoms with Gasteiger partial charge in [-0.1, -0.05) is 18.2 Å². The minimum atomic E-state index is -0.337. The number of unbranched alkanes of at least 4 members (excludes halogenated alkanes) is 1. The highest BCUT2D eigenvalue weighted by molar-refractivity contribution is 5.97. The highest BCUT2D eigenvalue weighted by Crippen LogP contribution is 2.20. The number of nitrogens with zero attached hydrogens (tertiary/aromatic N) is 1. The van der Waals surface area contributed by atoms with Gasteiger partial charge in [0.05, 0.1) is 0 Å². The molecule has 0 spiro atoms. The maximum absolute atomic E-state index is 12.5. The van der Waals surface area contributed by atoms with E-state index in [9.17, 15) is 9.59 Å². The van der Waals surface area contributed by atoms with Crippen molar-refractivity contribution in [2.45, 2.75) is 31.7 Å². The summed E-state index contributed by atoms with van der Waals surface area (Å²) in [4.78, 5) is 26.4. The van der Waals surface area contributed by atoms with Gasteiger partial charge >= 0.3 is 0 Å². The normalized spacial score (nSPS) is 17.0. The molecule has 122 valence electrons. The Balaban J connectivity index is 0.00000242. The Hall–Kier alpha value is -1.59. The highest BCUT2D eigenvalue weighted by atomic mass is 35.5. The van der Waals surface area contributed by atoms with Crippen molar-refractivity contribution in [3.8, 4) is 0 Å². The lowest BCUT2D eigenvalue weighted by molar-refractivity contribution is -0.124. The Labute approximate surface area is 137 Å². The maximum atomic E-state index is 12.5. The van der Waals surface area contributed by atoms with Crippen LogP contribution in [-0.2, 0) is 4.79 Å². The van der Waals surface area contributed by atoms with Gasteiger partial charge in [0.1, 0.15) is 6.04 Å². The molecule has 6 heteroatoms. The van der Waals surface area contributed by atoms with Crippen molar-refractivity contribution in [3.05, 3.63) is 35.9 Å². The van der Waals surface area contributed by atoms with Crippen LogP contribution in [0.5, 0.6) is 0 Å². The predicted molar refractivity (Wildman–Crippen MR) is 89.0 cm³/mol. The Bertz CT molecular complexity index is 482. The number of hydrogen-bond acceptors (Lipinski definition) is 3. The summed E-state index contributed by atoms with van der Waals surface area (Å²) < 4.78 is 0. The molecule has 0 saturated carbocycles. The second kappa shape index (κ2) is 9.43. The van der Waals surface area contributed by atoms with Crippen LogP contribution in [0.15, 0.2) is 30.3 Å². The third-order valence-corrected chi connectivity index (χ3v) is 3.77. The minimum Gasteiger partial charge on any atom is -0.354 e. The summed E-state index contributed by atoms with van der Waals surface area (Å²) in [5, 5.41) is 2.91. The van der Waals surface area contributed by atoms with E-state index in [1.807, 2.05) is 18.2 Å². The number of nitrogens with two attached hydrogens (primary N) is 1. The standard InChI is InChI=1S/C16H23N3O2.ClH/c17-10-4-5-11-18-15(20)14-9-6-12-19(14)16(21)13-7-2-1-3-8-13;/h1-3,7-8,14H,4-6,9-12,17H2,(H,18,20);1H. The predicted octanol–water partition coefficient (Wildman–Crippen LogP) is 1.57. The summed E-state index contributed by atoms with van der Waals surface area (Å²) in [5.41, 5.74) is 6.07. The van der Waals surface area contributed by atoms with Crippen molar-refractivity contribution < 1.29 is 9.59 Å². The van der Waals surface area contributed by atoms with Crippen molar-refractivity contribution in [1.29, 1.82) is 0 Å². The second-order valence-corrected chi connectivity index (χ2v) is 5.31. The van der Waals surface area contributed by atoms with Gasteiger partial charge in [0.15, 0.2) is 0 Å². The second-order valence-electron chi connectivity index (χ2n) is 5.31. The molecular formula is C16H24ClN3O2. The van der Waals surface area contributed by atoms with Crippen LogP contribution in [-0.4, -0.2) is 42.4 Å². The van der Waals surface area contributed by atoms with Gasteiger partial charge < -0.3 is 16.0 Å². The van der Waals surface area contributed by atoms with Crippen LogP contribution in [0.3, 0.4) is 0 Å². The third kappa shape index (κ3) is 4.71. The number of rotatable bonds is 6. The lowest BCUT2D eigenvalue weighted by Gasteiger charge is -2.24. The summed E-state index contributed by atoms with van der Waals surface area (Å²) in [5.74, 6) is -0.107. The summed E-state index contributed by atoms with van der Waals surface area (Å²) in [6, 6.07) is 8.79. The van der Waals surface area contributed by atoms with E-state index in [2.05, 4.69) is 5.32 Å². The maximum Gasteiger partial charge on any atom is 0.254 e. The molecule has 3 N–H and O–H groups in total. The van der Waals surface area contributed by atoms with Gasteiger partial charge in [0, 0.05) is 18.7 Å². The number of halogens is 1. The Morgan fingerprint density at radius 2 is 1.95 bits per heavy atom. The molecule has 0 radical (unpaired) electrons. The van der Waals surface area contributed by atoms with Gasteiger partial charge in [-0.3, -0.25) is 9.59 Å². The van der Waals surface area contributed by atoms with Crippen LogP contribution < -0.4 is 11.1 Å². The fourth-order valence-corrected chi connectivity index (χ4v) is 2.63. The Morgan fingerprint density at radius 1 is 1.23 bits per heavy atom. The first-order valence-corrected chi connectivity index (χ1v) is 7.58. The summed E-state index contributed by atoms with van der Waals surface area (Å²) in [6.07, 6.45) is 3.39. The summed E-state index contributed by atoms with van der Waals surface area (Å²) in [6.45, 7) is 1.91. The van der Waals surface area contributed by atoms with Crippen LogP contribution in [0.25, 0.3) is 0 Å². The zero-order chi connectivity index (χ0) is 15.1. The van der Waals surface area contributed by atoms with E-state index in [1.54, 1.807) is 17.0 Å². The molecule has 1 unspecified atom stereocenters. The molecule has 0 bridgehead atoms. The average Bonchev–Trinajstić information content (AvgIpc) is 3.01. The zero-order valence-corrected chi connectivity index (χ0v) is 13.5. The number of hydrogen-bond donors (Lipinski definition) is 2. The van der Waals surface area contributed by atoms with Crippen LogP contribution in [0.1, 0.15) is 36.0 Å². The fourth-order valence-electron chi connectivity index (χ4n) is 2.63. The van der Waals surface area contributed by atoms with Crippen molar-refractivity contribution in [2.24, 2.45) is 5.73 Å². The topological polar surface area (TPSA) is 75.4 Å². The summed E-state index contributed by atoms with van der Waals surface area (Å²) >= 11 is 0. The van der Waals surface area contributed by atoms with Crippen LogP contribution >= 0.6 is 12.4 Å². The number of nitrogens with one attached hydrogen (secondary N) is 1. The van der Waals surface area contributed by atoms with Gasteiger partial charge in [0.2, 0.25) is 5.91 Å². The first-order chi connectivity index (χ1) is 10.2. The van der Waals surface area contributed by atoms with Crippen molar-refractivity contribution in [2.75, 3.05) is 19.6 Å². The highest BCUT2D eigenvalue weighted by Gasteiger charge is 2.34. The molecule has 2 rings (SSSR count). The van der Waals surface area contributed by atoms with Gasteiger partial charge in [-0.05, 0) is 44.4 Å². The first kappa shape index (κ1) is 18.5. The smallest absolute Gasteiger partial charge is 0.254 e. The molecule has 1 atom stereocenters. The molecule has 1 saturated heterocycles. The SMILES string of the molecule is Cl.NCCCCNC(=O)C1CCCN1C(=O)c1ccccc1. The van der Waals surface area contributed by atoms with E-state index in [0.29, 0.717) is 25.2 Å². The minimum absolute atomic E-state index is 0. The molecular weight excluding hydrogens is 302 g/mol. The molecule has 2 amide bonds. The molecule has 1 aliphatic rings. The number of carbonyl (C=O) groups is 2. The van der Waals surface area contributed by atoms with Crippen LogP contribution in [0.2, 0.25) is 0 Å². The van der Waals surface area contributed by atoms with Crippen LogP contribution in [0.4, 0.5) is 0 Å². The quantitative estimate of drug-likeness (QED) is 0.779. The van der Waals surface area contributed by atoms with Gasteiger partial charge in [-0.15, -0.1) is 12.4 Å². The largest absolute Gasteiger partial charge is 0.354 e. The lowest BCUT2D eigenvalue weighted by Crippen LogP contribution is -2.46. The van der Waals surface area contributed by atoms with Gasteiger partial charge in [-0.25, -0.2) is 0 Å². The van der Waals surface area contributed by atoms with E-state index in [1.165, 1.54) is 0 Å². The first-order valence-electron chi connectivity index (χ1n) is 7.58. The van der Waals surface area contributed by atoms with E-state index in [4.69, 9.17) is 5.73 Å². The Kier molecular flexibility index (Phi) is 7.91. The molecule has 1 heterocycles. The number of amides is 2. The van der Waals surface area contributed by atoms with E-state index >= 15 is 0 Å². The molecule has 0 aromatic heterocycles. The lowest BCUT2D eigenvalue weighted by atomic mass is 10.1. The molecule has 0 aliphatic carbocycles. The molecule has 5 nitrogen and oxygen atoms in total. The van der Waals surface area contributed by atoms with Crippen molar-refractivity contribution in [1.82, 2.24) is 10.2 Å². The van der Waals surface area contributed by atoms with E-state index in [-0.39, 0.29) is 30.3 Å². The molecule has 22 heavy (non-hydrogen) atoms. The number of carbonyl (C=O) groups excluding carboxylic acids is 2. The van der Waals surface area contributed by atoms with Crippen molar-refractivity contribution in [3.63, 3.8) is 0 Å². The molecule has 1 fully saturated rings. The molecule has 1 aromatic carbocycles. The summed E-state index contributed by atoms with van der Waals surface area (Å²) in [7, 11) is 0. The van der Waals surface area contributed by atoms with Crippen LogP contribution in [0, 0.1) is 0 Å². The zero-order valence-electron chi connectivity index (χ0n) is 12.7. The monoisotopic (exact) mass is 325 g/mol. The van der Waals surface area contributed by atoms with Crippen molar-refractivity contribution >= 4 is 24.2 Å². The number of likely N-dealkylation sites (tertiary alicyclic amines) is 1. The van der Waals surface area contributed by atoms with E-state index < -0.39 is 0 Å². The van der Waals surface area contributed by atoms with E-state index in [0.717, 1.165) is 25.7 Å². The fraction of sp³-hybridized carbons (Fsp3) is 0.500. The Morgan fingerprint density at radius 3 is 2.64 bits per heavy atom.